The summed E-state index contributed by atoms with van der Waals surface area (Å²) in [6.07, 6.45) is -2.62. The molecule has 0 aliphatic carbocycles. The van der Waals surface area contributed by atoms with E-state index in [1.54, 1.807) is 0 Å². The molecule has 106 valence electrons. The minimum Gasteiger partial charge on any atom is -0.477 e. The molecule has 0 unspecified atom stereocenters. The molecule has 0 amide bonds. The number of carboxylic acid groups (broad SMARTS) is 1. The van der Waals surface area contributed by atoms with E-state index in [0.29, 0.717) is 5.69 Å². The molecule has 1 N–H and O–H groups in total. The van der Waals surface area contributed by atoms with E-state index in [4.69, 9.17) is 9.84 Å². The quantitative estimate of drug-likeness (QED) is 0.935. The van der Waals surface area contributed by atoms with Gasteiger partial charge in [0.05, 0.1) is 5.69 Å². The number of nitrogens with zero attached hydrogens (tertiary/aromatic N) is 2. The minimum atomic E-state index is -2.62. The van der Waals surface area contributed by atoms with E-state index >= 15 is 0 Å². The number of carbonyl (C=O) groups is 1. The number of carboxylic acids is 1. The van der Waals surface area contributed by atoms with Crippen molar-refractivity contribution >= 4 is 5.97 Å². The summed E-state index contributed by atoms with van der Waals surface area (Å²) in [4.78, 5) is 11.2. The lowest BCUT2D eigenvalue weighted by Crippen LogP contribution is -2.02. The maximum absolute atomic E-state index is 12.6. The van der Waals surface area contributed by atoms with Gasteiger partial charge in [-0.15, -0.1) is 0 Å². The maximum Gasteiger partial charge on any atom is 0.343 e. The summed E-state index contributed by atoms with van der Waals surface area (Å²) in [6, 6.07) is 5.32. The van der Waals surface area contributed by atoms with Crippen molar-refractivity contribution in [2.45, 2.75) is 13.3 Å². The molecule has 0 atom stereocenters. The molecule has 7 heteroatoms. The van der Waals surface area contributed by atoms with Crippen LogP contribution in [0.2, 0.25) is 0 Å². The van der Waals surface area contributed by atoms with Gasteiger partial charge in [-0.25, -0.2) is 18.3 Å². The van der Waals surface area contributed by atoms with Gasteiger partial charge in [0, 0.05) is 12.6 Å². The number of rotatable bonds is 4. The normalized spacial score (nSPS) is 10.8. The second-order valence-electron chi connectivity index (χ2n) is 4.17. The first kappa shape index (κ1) is 14.0. The number of aromatic carboxylic acids is 1. The molecule has 0 saturated carbocycles. The topological polar surface area (TPSA) is 64.4 Å². The van der Waals surface area contributed by atoms with Crippen LogP contribution in [0.5, 0.6) is 11.6 Å². The third-order valence-electron chi connectivity index (χ3n) is 2.71. The average molecular weight is 282 g/mol. The fourth-order valence-electron chi connectivity index (χ4n) is 1.83. The average Bonchev–Trinajstić information content (AvgIpc) is 2.64. The van der Waals surface area contributed by atoms with E-state index in [2.05, 4.69) is 5.10 Å². The third kappa shape index (κ3) is 2.61. The molecule has 0 bridgehead atoms. The van der Waals surface area contributed by atoms with Gasteiger partial charge in [-0.05, 0) is 19.1 Å². The van der Waals surface area contributed by atoms with Gasteiger partial charge in [0.15, 0.2) is 0 Å². The predicted molar refractivity (Wildman–Crippen MR) is 66.4 cm³/mol. The zero-order valence-electron chi connectivity index (χ0n) is 10.8. The van der Waals surface area contributed by atoms with Gasteiger partial charge in [-0.1, -0.05) is 12.1 Å². The second-order valence-corrected chi connectivity index (χ2v) is 4.17. The Labute approximate surface area is 113 Å². The molecule has 1 heterocycles. The SMILES string of the molecule is Cc1nn(C)c(Oc2cccc(C(F)F)c2)c1C(=O)O. The van der Waals surface area contributed by atoms with E-state index < -0.39 is 12.4 Å². The number of halogens is 2. The van der Waals surface area contributed by atoms with Gasteiger partial charge >= 0.3 is 5.97 Å². The summed E-state index contributed by atoms with van der Waals surface area (Å²) in [6.45, 7) is 1.53. The molecule has 0 saturated heterocycles. The number of hydrogen-bond acceptors (Lipinski definition) is 3. The van der Waals surface area contributed by atoms with Gasteiger partial charge in [0.1, 0.15) is 11.3 Å². The fourth-order valence-corrected chi connectivity index (χ4v) is 1.83. The van der Waals surface area contributed by atoms with E-state index in [-0.39, 0.29) is 22.8 Å². The van der Waals surface area contributed by atoms with Crippen LogP contribution < -0.4 is 4.74 Å². The zero-order valence-corrected chi connectivity index (χ0v) is 10.8. The van der Waals surface area contributed by atoms with Crippen molar-refractivity contribution in [2.24, 2.45) is 7.05 Å². The Morgan fingerprint density at radius 2 is 2.15 bits per heavy atom. The largest absolute Gasteiger partial charge is 0.477 e. The highest BCUT2D eigenvalue weighted by Crippen LogP contribution is 2.29. The third-order valence-corrected chi connectivity index (χ3v) is 2.71. The Bertz CT molecular complexity index is 653. The van der Waals surface area contributed by atoms with Gasteiger partial charge in [-0.3, -0.25) is 0 Å². The number of alkyl halides is 2. The van der Waals surface area contributed by atoms with Crippen LogP contribution in [0.1, 0.15) is 28.0 Å². The minimum absolute atomic E-state index is 0.00131. The summed E-state index contributed by atoms with van der Waals surface area (Å²) in [7, 11) is 1.52. The van der Waals surface area contributed by atoms with Crippen LogP contribution in [0.15, 0.2) is 24.3 Å². The smallest absolute Gasteiger partial charge is 0.343 e. The lowest BCUT2D eigenvalue weighted by Gasteiger charge is -2.08. The number of aryl methyl sites for hydroxylation is 2. The van der Waals surface area contributed by atoms with Crippen LogP contribution in [-0.4, -0.2) is 20.9 Å². The second kappa shape index (κ2) is 5.28. The molecule has 2 rings (SSSR count). The Balaban J connectivity index is 2.40. The Hall–Kier alpha value is -2.44. The Kier molecular flexibility index (Phi) is 3.69. The summed E-state index contributed by atoms with van der Waals surface area (Å²) in [5.41, 5.74) is 0.00762. The summed E-state index contributed by atoms with van der Waals surface area (Å²) in [5, 5.41) is 13.1. The van der Waals surface area contributed by atoms with Crippen LogP contribution >= 0.6 is 0 Å². The molecule has 0 fully saturated rings. The van der Waals surface area contributed by atoms with Gasteiger partial charge in [0.2, 0.25) is 5.88 Å². The Morgan fingerprint density at radius 3 is 2.75 bits per heavy atom. The molecule has 0 aliphatic rings. The first-order valence-electron chi connectivity index (χ1n) is 5.73. The molecule has 0 aliphatic heterocycles. The van der Waals surface area contributed by atoms with Gasteiger partial charge < -0.3 is 9.84 Å². The fraction of sp³-hybridized carbons (Fsp3) is 0.231. The van der Waals surface area contributed by atoms with E-state index in [1.165, 1.54) is 42.9 Å². The standard InChI is InChI=1S/C13H12F2N2O3/c1-7-10(13(18)19)12(17(2)16-7)20-9-5-3-4-8(6-9)11(14)15/h3-6,11H,1-2H3,(H,18,19). The van der Waals surface area contributed by atoms with Crippen molar-refractivity contribution < 1.29 is 23.4 Å². The van der Waals surface area contributed by atoms with Gasteiger partial charge in [0.25, 0.3) is 6.43 Å². The number of aromatic nitrogens is 2. The first-order valence-corrected chi connectivity index (χ1v) is 5.73. The van der Waals surface area contributed by atoms with E-state index in [9.17, 15) is 13.6 Å². The van der Waals surface area contributed by atoms with Crippen LogP contribution in [-0.2, 0) is 7.05 Å². The number of hydrogen-bond donors (Lipinski definition) is 1. The maximum atomic E-state index is 12.6. The van der Waals surface area contributed by atoms with Crippen molar-refractivity contribution in [3.8, 4) is 11.6 Å². The van der Waals surface area contributed by atoms with Crippen LogP contribution in [0, 0.1) is 6.92 Å². The molecule has 1 aromatic carbocycles. The highest BCUT2D eigenvalue weighted by molar-refractivity contribution is 5.91. The van der Waals surface area contributed by atoms with Crippen molar-refractivity contribution in [3.05, 3.63) is 41.1 Å². The van der Waals surface area contributed by atoms with Crippen molar-refractivity contribution in [1.82, 2.24) is 9.78 Å². The highest BCUT2D eigenvalue weighted by Gasteiger charge is 2.22. The lowest BCUT2D eigenvalue weighted by atomic mass is 10.2. The monoisotopic (exact) mass is 282 g/mol. The summed E-state index contributed by atoms with van der Waals surface area (Å²) >= 11 is 0. The molecule has 0 radical (unpaired) electrons. The van der Waals surface area contributed by atoms with E-state index in [1.807, 2.05) is 0 Å². The molecule has 1 aromatic heterocycles. The molecule has 2 aromatic rings. The van der Waals surface area contributed by atoms with Crippen molar-refractivity contribution in [3.63, 3.8) is 0 Å². The predicted octanol–water partition coefficient (Wildman–Crippen LogP) is 3.16. The van der Waals surface area contributed by atoms with Gasteiger partial charge in [-0.2, -0.15) is 5.10 Å². The highest BCUT2D eigenvalue weighted by atomic mass is 19.3. The summed E-state index contributed by atoms with van der Waals surface area (Å²) < 4.78 is 31.9. The molecule has 20 heavy (non-hydrogen) atoms. The zero-order chi connectivity index (χ0) is 14.9. The van der Waals surface area contributed by atoms with Crippen molar-refractivity contribution in [1.29, 1.82) is 0 Å². The summed E-state index contributed by atoms with van der Waals surface area (Å²) in [5.74, 6) is -1.05. The lowest BCUT2D eigenvalue weighted by molar-refractivity contribution is 0.0693. The Morgan fingerprint density at radius 1 is 1.45 bits per heavy atom. The number of benzene rings is 1. The first-order chi connectivity index (χ1) is 9.40. The molecule has 0 spiro atoms. The van der Waals surface area contributed by atoms with E-state index in [0.717, 1.165) is 0 Å². The van der Waals surface area contributed by atoms with Crippen LogP contribution in [0.3, 0.4) is 0 Å². The number of ether oxygens (including phenoxy) is 1. The molecular weight excluding hydrogens is 270 g/mol. The van der Waals surface area contributed by atoms with Crippen LogP contribution in [0.4, 0.5) is 8.78 Å². The molecular formula is C13H12F2N2O3. The molecule has 5 nitrogen and oxygen atoms in total. The van der Waals surface area contributed by atoms with Crippen LogP contribution in [0.25, 0.3) is 0 Å². The van der Waals surface area contributed by atoms with Crippen molar-refractivity contribution in [2.75, 3.05) is 0 Å².